The fraction of sp³-hybridized carbons (Fsp3) is 0.517. The van der Waals surface area contributed by atoms with Crippen molar-refractivity contribution in [2.24, 2.45) is 5.92 Å². The minimum absolute atomic E-state index is 0.0229. The molecule has 5 fully saturated rings. The van der Waals surface area contributed by atoms with Crippen LogP contribution in [-0.2, 0) is 53.3 Å². The number of rotatable bonds is 17. The number of likely N-dealkylation sites (tertiary alicyclic amines) is 2. The fourth-order valence-corrected chi connectivity index (χ4v) is 18.1. The third-order valence-electron chi connectivity index (χ3n) is 24.3. The van der Waals surface area contributed by atoms with E-state index in [9.17, 15) is 0 Å². The van der Waals surface area contributed by atoms with Gasteiger partial charge in [-0.3, -0.25) is 0 Å². The second-order valence-corrected chi connectivity index (χ2v) is 32.1. The van der Waals surface area contributed by atoms with E-state index in [-0.39, 0.29) is 18.3 Å². The Morgan fingerprint density at radius 1 is 0.472 bits per heavy atom. The topological polar surface area (TPSA) is 151 Å². The molecule has 19 nitrogen and oxygen atoms in total. The average Bonchev–Trinajstić information content (AvgIpc) is 0.808. The van der Waals surface area contributed by atoms with Crippen LogP contribution in [0.1, 0.15) is 169 Å². The van der Waals surface area contributed by atoms with Gasteiger partial charge in [-0.1, -0.05) is 109 Å². The fourth-order valence-electron chi connectivity index (χ4n) is 18.1. The Kier molecular flexibility index (Phi) is 23.6. The van der Waals surface area contributed by atoms with Gasteiger partial charge in [-0.05, 0) is 212 Å². The van der Waals surface area contributed by atoms with E-state index in [0.717, 1.165) is 148 Å². The van der Waals surface area contributed by atoms with Gasteiger partial charge >= 0.3 is 12.0 Å². The van der Waals surface area contributed by atoms with Gasteiger partial charge in [0.2, 0.25) is 12.5 Å². The van der Waals surface area contributed by atoms with E-state index in [0.29, 0.717) is 75.6 Å². The highest BCUT2D eigenvalue weighted by atomic mass is 16.5. The first-order chi connectivity index (χ1) is 52.7. The normalized spacial score (nSPS) is 22.4. The third kappa shape index (κ3) is 16.6. The predicted molar refractivity (Wildman–Crippen MR) is 433 cm³/mol. The zero-order valence-electron chi connectivity index (χ0n) is 65.4. The summed E-state index contributed by atoms with van der Waals surface area (Å²) in [5.41, 5.74) is 14.2. The number of aryl methyl sites for hydroxylation is 3. The SMILES string of the molecule is Cc1cccc2cccc(C3Cc4nc(OC[C@@H]5CCCN5C)nc(N5CCCCC5)c4CO3)c12.Cc1cccc2cccc(C3Cc4nc(OC[C@@H]5CCCN5C)nc(N5CCCC[C@@H]5C)c4CO3)c12.[C-]#[N+]C[C@@H]1CCCN(c2nc(N(C)CCN(C)C)nc3c2COC(c2cccc4cccc(C)c24)C3)C1. The molecule has 568 valence electrons. The van der Waals surface area contributed by atoms with E-state index < -0.39 is 0 Å². The number of nitrogens with zero attached hydrogens (tertiary/aromatic N) is 14. The standard InChI is InChI=1S/C30H38N6O.C30H38N4O2.C29H36N4O2/c1-21-9-6-11-23-12-7-13-24(28(21)23)27-17-26-25(20-37-27)29(36-14-8-10-22(19-36)18-31-2)33-30(32-26)35(5)16-15-34(3)4;1-20-9-6-11-22-12-7-14-24(28(20)22)27-17-26-25(19-35-27)29(34-16-5-4-10-21(34)2)32-30(31-26)36-18-23-13-8-15-33(23)3;1-20-9-6-10-21-11-7-13-23(27(20)21)26-17-25-24(19-34-26)28(33-15-4-3-5-16-33)31-29(30-25)35-18-22-12-8-14-32(22)2/h6-7,9,11-13,22,27H,8,10,14-20H2,1,3-5H3;6-7,9,11-12,14,21,23,27H,4-5,8,10,13,15-19H2,1-3H3;6-7,9-11,13,22,26H,3-5,8,12,14-19H2,1-2H3/t22-,27?;21-,23-,27?;22-,26?/m000/s1. The molecule has 0 bridgehead atoms. The first-order valence-electron chi connectivity index (χ1n) is 40.3. The van der Waals surface area contributed by atoms with Crippen molar-refractivity contribution in [3.05, 3.63) is 188 Å². The van der Waals surface area contributed by atoms with Crippen molar-refractivity contribution in [1.29, 1.82) is 0 Å². The first-order valence-corrected chi connectivity index (χ1v) is 40.3. The molecule has 6 aromatic carbocycles. The first kappa shape index (κ1) is 74.8. The van der Waals surface area contributed by atoms with Gasteiger partial charge in [-0.25, -0.2) is 11.6 Å². The number of fused-ring (bicyclic) bond motifs is 6. The number of likely N-dealkylation sites (N-methyl/N-ethyl adjacent to an activating group) is 4. The Balaban J connectivity index is 0.000000129. The zero-order chi connectivity index (χ0) is 74.4. The van der Waals surface area contributed by atoms with Crippen molar-refractivity contribution < 1.29 is 23.7 Å². The number of anilines is 4. The van der Waals surface area contributed by atoms with Gasteiger partial charge in [0, 0.05) is 113 Å². The Hall–Kier alpha value is -8.61. The van der Waals surface area contributed by atoms with Gasteiger partial charge in [0.1, 0.15) is 30.7 Å². The highest BCUT2D eigenvalue weighted by Crippen LogP contribution is 2.44. The van der Waals surface area contributed by atoms with E-state index in [2.05, 4.69) is 211 Å². The second-order valence-electron chi connectivity index (χ2n) is 32.1. The van der Waals surface area contributed by atoms with E-state index in [1.54, 1.807) is 0 Å². The van der Waals surface area contributed by atoms with Crippen LogP contribution < -0.4 is 29.1 Å². The smallest absolute Gasteiger partial charge is 0.318 e. The van der Waals surface area contributed by atoms with Crippen molar-refractivity contribution in [3.8, 4) is 12.0 Å². The molecule has 5 saturated heterocycles. The number of piperidine rings is 3. The molecule has 17 rings (SSSR count). The molecule has 8 aliphatic rings. The highest BCUT2D eigenvalue weighted by Gasteiger charge is 2.36. The van der Waals surface area contributed by atoms with E-state index >= 15 is 0 Å². The van der Waals surface area contributed by atoms with Gasteiger partial charge in [-0.15, -0.1) is 0 Å². The van der Waals surface area contributed by atoms with Crippen LogP contribution in [0.25, 0.3) is 37.2 Å². The summed E-state index contributed by atoms with van der Waals surface area (Å²) in [6.45, 7) is 28.7. The van der Waals surface area contributed by atoms with E-state index in [1.807, 2.05) is 0 Å². The van der Waals surface area contributed by atoms with E-state index in [4.69, 9.17) is 60.2 Å². The molecule has 0 spiro atoms. The minimum Gasteiger partial charge on any atom is -0.462 e. The lowest BCUT2D eigenvalue weighted by molar-refractivity contribution is 0.0263. The lowest BCUT2D eigenvalue weighted by Crippen LogP contribution is -2.39. The number of ether oxygens (including phenoxy) is 5. The lowest BCUT2D eigenvalue weighted by Gasteiger charge is -2.37. The summed E-state index contributed by atoms with van der Waals surface area (Å²) in [5, 5.41) is 7.66. The summed E-state index contributed by atoms with van der Waals surface area (Å²) < 4.78 is 32.2. The molecule has 0 aliphatic carbocycles. The predicted octanol–water partition coefficient (Wildman–Crippen LogP) is 15.7. The molecule has 0 N–H and O–H groups in total. The van der Waals surface area contributed by atoms with Crippen LogP contribution in [0.5, 0.6) is 12.0 Å². The van der Waals surface area contributed by atoms with Crippen molar-refractivity contribution in [2.75, 3.05) is 133 Å². The number of benzene rings is 6. The van der Waals surface area contributed by atoms with Crippen molar-refractivity contribution in [2.45, 2.75) is 180 Å². The molecule has 11 heterocycles. The summed E-state index contributed by atoms with van der Waals surface area (Å²) in [6.07, 6.45) is 16.5. The zero-order valence-corrected chi connectivity index (χ0v) is 65.4. The molecule has 0 radical (unpaired) electrons. The van der Waals surface area contributed by atoms with Crippen LogP contribution in [0.2, 0.25) is 0 Å². The minimum atomic E-state index is -0.0452. The highest BCUT2D eigenvalue weighted by molar-refractivity contribution is 5.91. The van der Waals surface area contributed by atoms with Crippen LogP contribution in [-0.4, -0.2) is 177 Å². The molecular formula is C89H112N14O5. The largest absolute Gasteiger partial charge is 0.462 e. The summed E-state index contributed by atoms with van der Waals surface area (Å²) >= 11 is 0. The molecule has 3 aromatic heterocycles. The maximum absolute atomic E-state index is 7.36. The average molecular weight is 1460 g/mol. The number of hydrogen-bond acceptors (Lipinski definition) is 18. The number of aromatic nitrogens is 6. The lowest BCUT2D eigenvalue weighted by atomic mass is 9.92. The molecule has 108 heavy (non-hydrogen) atoms. The van der Waals surface area contributed by atoms with Crippen LogP contribution >= 0.6 is 0 Å². The molecule has 0 amide bonds. The molecule has 19 heteroatoms. The maximum Gasteiger partial charge on any atom is 0.318 e. The van der Waals surface area contributed by atoms with Gasteiger partial charge in [0.05, 0.1) is 55.2 Å². The summed E-state index contributed by atoms with van der Waals surface area (Å²) in [4.78, 5) is 50.2. The molecule has 0 saturated carbocycles. The van der Waals surface area contributed by atoms with Gasteiger partial charge < -0.3 is 62.8 Å². The van der Waals surface area contributed by atoms with Gasteiger partial charge in [0.15, 0.2) is 0 Å². The van der Waals surface area contributed by atoms with E-state index in [1.165, 1.54) is 130 Å². The van der Waals surface area contributed by atoms with Crippen molar-refractivity contribution in [1.82, 2.24) is 44.6 Å². The molecule has 8 aliphatic heterocycles. The maximum atomic E-state index is 7.36. The Bertz CT molecular complexity index is 4660. The van der Waals surface area contributed by atoms with Gasteiger partial charge in [-0.2, -0.15) is 24.9 Å². The van der Waals surface area contributed by atoms with Crippen molar-refractivity contribution in [3.63, 3.8) is 0 Å². The van der Waals surface area contributed by atoms with Gasteiger partial charge in [0.25, 0.3) is 0 Å². The Morgan fingerprint density at radius 2 is 0.917 bits per heavy atom. The Morgan fingerprint density at radius 3 is 1.39 bits per heavy atom. The summed E-state index contributed by atoms with van der Waals surface area (Å²) in [6, 6.07) is 41.5. The molecule has 7 atom stereocenters. The van der Waals surface area contributed by atoms with Crippen LogP contribution in [0.3, 0.4) is 0 Å². The molecule has 9 aromatic rings. The summed E-state index contributed by atoms with van der Waals surface area (Å²) in [5.74, 6) is 4.21. The van der Waals surface area contributed by atoms with Crippen LogP contribution in [0, 0.1) is 33.3 Å². The number of hydrogen-bond donors (Lipinski definition) is 0. The van der Waals surface area contributed by atoms with Crippen LogP contribution in [0.15, 0.2) is 109 Å². The van der Waals surface area contributed by atoms with Crippen molar-refractivity contribution >= 4 is 55.7 Å². The third-order valence-corrected chi connectivity index (χ3v) is 24.3. The van der Waals surface area contributed by atoms with Crippen LogP contribution in [0.4, 0.5) is 23.4 Å². The Labute approximate surface area is 640 Å². The molecule has 3 unspecified atom stereocenters. The molecular weight excluding hydrogens is 1350 g/mol. The monoisotopic (exact) mass is 1460 g/mol. The second kappa shape index (κ2) is 34.1. The quantitative estimate of drug-likeness (QED) is 0.0794. The summed E-state index contributed by atoms with van der Waals surface area (Å²) in [7, 11) is 10.6.